The second-order valence-corrected chi connectivity index (χ2v) is 26.7. The molecule has 4 saturated heterocycles. The zero-order chi connectivity index (χ0) is 51.0. The van der Waals surface area contributed by atoms with E-state index >= 15 is 0 Å². The molecule has 0 radical (unpaired) electrons. The molecule has 0 aliphatic carbocycles. The zero-order valence-corrected chi connectivity index (χ0v) is 46.0. The molecule has 4 rings (SSSR count). The normalized spacial score (nSPS) is 24.3. The van der Waals surface area contributed by atoms with Crippen LogP contribution in [0.25, 0.3) is 0 Å². The summed E-state index contributed by atoms with van der Waals surface area (Å²) in [6.07, 6.45) is 10.3. The van der Waals surface area contributed by atoms with Crippen molar-refractivity contribution in [2.45, 2.75) is 282 Å². The van der Waals surface area contributed by atoms with E-state index in [1.54, 1.807) is 0 Å². The monoisotopic (exact) mass is 961 g/mol. The fourth-order valence-corrected chi connectivity index (χ4v) is 12.9. The molecule has 0 spiro atoms. The van der Waals surface area contributed by atoms with Gasteiger partial charge in [-0.1, -0.05) is 12.8 Å². The Labute approximate surface area is 413 Å². The molecule has 4 aliphatic rings. The molecular formula is C54H100N6O8. The summed E-state index contributed by atoms with van der Waals surface area (Å²) in [5.41, 5.74) is -1.03. The van der Waals surface area contributed by atoms with Crippen LogP contribution in [0.4, 0.5) is 0 Å². The van der Waals surface area contributed by atoms with Gasteiger partial charge in [-0.15, -0.1) is 0 Å². The Morgan fingerprint density at radius 1 is 0.324 bits per heavy atom. The van der Waals surface area contributed by atoms with E-state index in [1.807, 2.05) is 0 Å². The van der Waals surface area contributed by atoms with Gasteiger partial charge >= 0.3 is 23.9 Å². The van der Waals surface area contributed by atoms with Crippen molar-refractivity contribution < 1.29 is 38.1 Å². The van der Waals surface area contributed by atoms with Crippen molar-refractivity contribution >= 4 is 23.9 Å². The molecule has 4 heterocycles. The topological polar surface area (TPSA) is 160 Å². The molecule has 0 bridgehead atoms. The second-order valence-electron chi connectivity index (χ2n) is 26.7. The van der Waals surface area contributed by atoms with Crippen molar-refractivity contribution in [3.05, 3.63) is 0 Å². The van der Waals surface area contributed by atoms with Gasteiger partial charge in [0.2, 0.25) is 0 Å². The van der Waals surface area contributed by atoms with Gasteiger partial charge < -0.3 is 50.0 Å². The predicted molar refractivity (Wildman–Crippen MR) is 271 cm³/mol. The molecule has 0 aromatic heterocycles. The van der Waals surface area contributed by atoms with Gasteiger partial charge in [0.1, 0.15) is 24.4 Å². The van der Waals surface area contributed by atoms with E-state index in [1.165, 1.54) is 0 Å². The standard InChI is InChI=1S/C54H100N6O8/c1-47(2)31-39(32-48(3,4)55-47)65-43(61)21-27-59(28-22-44(62)66-40-33-49(5,6)56-50(7,8)34-40)25-19-17-18-20-26-60(29-23-45(63)67-41-35-51(9,10)57-52(11,12)36-41)30-24-46(64)68-42-37-53(13,14)58-54(15,16)38-42/h39-42,55-58H,17-38H2,1-16H3. The third-order valence-corrected chi connectivity index (χ3v) is 14.0. The van der Waals surface area contributed by atoms with Gasteiger partial charge in [-0.2, -0.15) is 0 Å². The number of hydrogen-bond donors (Lipinski definition) is 4. The maximum absolute atomic E-state index is 13.3. The van der Waals surface area contributed by atoms with Gasteiger partial charge in [0, 0.05) is 122 Å². The fourth-order valence-electron chi connectivity index (χ4n) is 12.9. The minimum atomic E-state index is -0.199. The van der Waals surface area contributed by atoms with Crippen molar-refractivity contribution in [3.63, 3.8) is 0 Å². The molecule has 0 saturated carbocycles. The maximum atomic E-state index is 13.3. The van der Waals surface area contributed by atoms with Crippen molar-refractivity contribution in [3.8, 4) is 0 Å². The largest absolute Gasteiger partial charge is 0.462 e. The van der Waals surface area contributed by atoms with Crippen LogP contribution in [0.5, 0.6) is 0 Å². The van der Waals surface area contributed by atoms with Gasteiger partial charge in [-0.05, 0) is 137 Å². The van der Waals surface area contributed by atoms with Gasteiger partial charge in [-0.3, -0.25) is 19.2 Å². The molecule has 68 heavy (non-hydrogen) atoms. The average molecular weight is 961 g/mol. The number of unbranched alkanes of at least 4 members (excludes halogenated alkanes) is 3. The smallest absolute Gasteiger partial charge is 0.307 e. The first-order chi connectivity index (χ1) is 31.1. The number of ether oxygens (including phenoxy) is 4. The molecule has 0 unspecified atom stereocenters. The lowest BCUT2D eigenvalue weighted by molar-refractivity contribution is -0.155. The second kappa shape index (κ2) is 23.5. The summed E-state index contributed by atoms with van der Waals surface area (Å²) in [4.78, 5) is 57.6. The first-order valence-electron chi connectivity index (χ1n) is 26.5. The first-order valence-corrected chi connectivity index (χ1v) is 26.5. The van der Waals surface area contributed by atoms with Crippen LogP contribution in [0.3, 0.4) is 0 Å². The van der Waals surface area contributed by atoms with Gasteiger partial charge in [0.05, 0.1) is 25.7 Å². The van der Waals surface area contributed by atoms with Crippen LogP contribution in [0.2, 0.25) is 0 Å². The third-order valence-electron chi connectivity index (χ3n) is 14.0. The van der Waals surface area contributed by atoms with Crippen LogP contribution in [0, 0.1) is 0 Å². The lowest BCUT2D eigenvalue weighted by Crippen LogP contribution is -2.59. The molecular weight excluding hydrogens is 861 g/mol. The van der Waals surface area contributed by atoms with E-state index in [2.05, 4.69) is 142 Å². The Hall–Kier alpha value is -2.36. The SMILES string of the molecule is CC1(C)CC(OC(=O)CCN(CCCCCCN(CCC(=O)OC2CC(C)(C)NC(C)(C)C2)CCC(=O)OC2CC(C)(C)NC(C)(C)C2)CCC(=O)OC2CC(C)(C)NC(C)(C)C2)CC(C)(C)N1. The summed E-state index contributed by atoms with van der Waals surface area (Å²) in [6.45, 7) is 38.0. The molecule has 14 heteroatoms. The minimum Gasteiger partial charge on any atom is -0.462 e. The Bertz CT molecular complexity index is 1380. The van der Waals surface area contributed by atoms with E-state index in [-0.39, 0.29) is 118 Å². The van der Waals surface area contributed by atoms with E-state index < -0.39 is 0 Å². The molecule has 0 aromatic carbocycles. The number of carbonyl (C=O) groups excluding carboxylic acids is 4. The molecule has 0 atom stereocenters. The van der Waals surface area contributed by atoms with Gasteiger partial charge in [-0.25, -0.2) is 0 Å². The Kier molecular flexibility index (Phi) is 20.1. The minimum absolute atomic E-state index is 0.128. The number of piperidine rings is 4. The lowest BCUT2D eigenvalue weighted by Gasteiger charge is -2.46. The summed E-state index contributed by atoms with van der Waals surface area (Å²) < 4.78 is 24.3. The number of carbonyl (C=O) groups is 4. The lowest BCUT2D eigenvalue weighted by atomic mass is 9.81. The Morgan fingerprint density at radius 2 is 0.500 bits per heavy atom. The van der Waals surface area contributed by atoms with Crippen LogP contribution in [-0.2, 0) is 38.1 Å². The van der Waals surface area contributed by atoms with Crippen molar-refractivity contribution in [2.75, 3.05) is 39.3 Å². The molecule has 4 N–H and O–H groups in total. The zero-order valence-electron chi connectivity index (χ0n) is 46.0. The Balaban J connectivity index is 1.31. The van der Waals surface area contributed by atoms with Crippen LogP contribution in [0.15, 0.2) is 0 Å². The van der Waals surface area contributed by atoms with Crippen LogP contribution < -0.4 is 21.3 Å². The number of hydrogen-bond acceptors (Lipinski definition) is 14. The summed E-state index contributed by atoms with van der Waals surface area (Å²) >= 11 is 0. The molecule has 0 aromatic rings. The average Bonchev–Trinajstić information content (AvgIpc) is 3.09. The first kappa shape index (κ1) is 58.2. The molecule has 0 amide bonds. The predicted octanol–water partition coefficient (Wildman–Crippen LogP) is 8.12. The third kappa shape index (κ3) is 22.0. The van der Waals surface area contributed by atoms with Gasteiger partial charge in [0.15, 0.2) is 0 Å². The van der Waals surface area contributed by atoms with Crippen molar-refractivity contribution in [1.29, 1.82) is 0 Å². The van der Waals surface area contributed by atoms with E-state index in [0.29, 0.717) is 26.2 Å². The quantitative estimate of drug-likeness (QED) is 0.0442. The molecule has 4 aliphatic heterocycles. The van der Waals surface area contributed by atoms with Gasteiger partial charge in [0.25, 0.3) is 0 Å². The number of rotatable bonds is 23. The van der Waals surface area contributed by atoms with Crippen molar-refractivity contribution in [2.24, 2.45) is 0 Å². The van der Waals surface area contributed by atoms with E-state index in [0.717, 1.165) is 90.1 Å². The summed E-state index contributed by atoms with van der Waals surface area (Å²) in [5, 5.41) is 14.6. The highest BCUT2D eigenvalue weighted by atomic mass is 16.6. The fraction of sp³-hybridized carbons (Fsp3) is 0.926. The van der Waals surface area contributed by atoms with Crippen LogP contribution >= 0.6 is 0 Å². The maximum Gasteiger partial charge on any atom is 0.307 e. The highest BCUT2D eigenvalue weighted by Crippen LogP contribution is 2.34. The van der Waals surface area contributed by atoms with Crippen LogP contribution in [0.1, 0.15) is 214 Å². The van der Waals surface area contributed by atoms with Crippen LogP contribution in [-0.4, -0.2) is 142 Å². The summed E-state index contributed by atoms with van der Waals surface area (Å²) in [5.74, 6) is -0.796. The summed E-state index contributed by atoms with van der Waals surface area (Å²) in [7, 11) is 0. The highest BCUT2D eigenvalue weighted by molar-refractivity contribution is 5.71. The molecule has 4 fully saturated rings. The summed E-state index contributed by atoms with van der Waals surface area (Å²) in [6, 6.07) is 0. The van der Waals surface area contributed by atoms with E-state index in [4.69, 9.17) is 18.9 Å². The number of esters is 4. The highest BCUT2D eigenvalue weighted by Gasteiger charge is 2.43. The van der Waals surface area contributed by atoms with Crippen molar-refractivity contribution in [1.82, 2.24) is 31.1 Å². The van der Waals surface area contributed by atoms with E-state index in [9.17, 15) is 19.2 Å². The number of nitrogens with one attached hydrogen (secondary N) is 4. The Morgan fingerprint density at radius 3 is 0.676 bits per heavy atom. The molecule has 14 nitrogen and oxygen atoms in total. The molecule has 394 valence electrons. The number of nitrogens with zero attached hydrogens (tertiary/aromatic N) is 2.